The summed E-state index contributed by atoms with van der Waals surface area (Å²) < 4.78 is 29.1. The number of nitrogens with one attached hydrogen (secondary N) is 3. The Balaban J connectivity index is 1.58. The van der Waals surface area contributed by atoms with Crippen molar-refractivity contribution in [1.29, 1.82) is 0 Å². The third-order valence-corrected chi connectivity index (χ3v) is 7.34. The van der Waals surface area contributed by atoms with Gasteiger partial charge in [0.25, 0.3) is 21.8 Å². The maximum atomic E-state index is 13.2. The third kappa shape index (κ3) is 6.05. The minimum Gasteiger partial charge on any atom is -0.322 e. The van der Waals surface area contributed by atoms with Gasteiger partial charge in [-0.05, 0) is 79.9 Å². The van der Waals surface area contributed by atoms with E-state index in [0.29, 0.717) is 22.6 Å². The number of aryl methyl sites for hydroxylation is 3. The fourth-order valence-corrected chi connectivity index (χ4v) is 5.17. The highest BCUT2D eigenvalue weighted by atomic mass is 32.2. The Hall–Kier alpha value is -4.43. The predicted molar refractivity (Wildman–Crippen MR) is 147 cm³/mol. The van der Waals surface area contributed by atoms with Gasteiger partial charge in [-0.3, -0.25) is 14.3 Å². The van der Waals surface area contributed by atoms with Crippen molar-refractivity contribution in [3.8, 4) is 0 Å². The summed E-state index contributed by atoms with van der Waals surface area (Å²) in [6, 6.07) is 25.6. The average Bonchev–Trinajstić information content (AvgIpc) is 2.87. The fraction of sp³-hybridized carbons (Fsp3) is 0.103. The van der Waals surface area contributed by atoms with Gasteiger partial charge in [0.2, 0.25) is 0 Å². The summed E-state index contributed by atoms with van der Waals surface area (Å²) in [6.45, 7) is 5.37. The molecule has 4 rings (SSSR count). The maximum absolute atomic E-state index is 13.2. The highest BCUT2D eigenvalue weighted by molar-refractivity contribution is 7.92. The molecule has 0 spiro atoms. The Kier molecular flexibility index (Phi) is 7.40. The van der Waals surface area contributed by atoms with Crippen LogP contribution < -0.4 is 15.4 Å². The van der Waals surface area contributed by atoms with E-state index in [1.54, 1.807) is 73.7 Å². The predicted octanol–water partition coefficient (Wildman–Crippen LogP) is 5.92. The number of para-hydroxylation sites is 2. The number of anilines is 3. The van der Waals surface area contributed by atoms with Crippen LogP contribution in [-0.4, -0.2) is 20.2 Å². The Morgan fingerprint density at radius 2 is 1.32 bits per heavy atom. The largest absolute Gasteiger partial charge is 0.322 e. The van der Waals surface area contributed by atoms with E-state index in [1.807, 2.05) is 32.0 Å². The van der Waals surface area contributed by atoms with Crippen LogP contribution in [-0.2, 0) is 10.0 Å². The van der Waals surface area contributed by atoms with E-state index in [0.717, 1.165) is 11.1 Å². The van der Waals surface area contributed by atoms with Crippen molar-refractivity contribution in [2.24, 2.45) is 0 Å². The Morgan fingerprint density at radius 3 is 2.08 bits per heavy atom. The van der Waals surface area contributed by atoms with Gasteiger partial charge in [0.15, 0.2) is 0 Å². The standard InChI is InChI=1S/C29H27N3O4S/c1-19-13-14-20(2)26(17-19)32-37(35,36)27-18-22(16-15-21(27)3)28(33)31-25-12-8-7-11-24(25)29(34)30-23-9-5-4-6-10-23/h4-18,32H,1-3H3,(H,30,34)(H,31,33). The molecule has 3 N–H and O–H groups in total. The van der Waals surface area contributed by atoms with Crippen LogP contribution in [0.3, 0.4) is 0 Å². The first-order chi connectivity index (χ1) is 17.6. The summed E-state index contributed by atoms with van der Waals surface area (Å²) in [6.07, 6.45) is 0. The molecule has 0 aliphatic carbocycles. The van der Waals surface area contributed by atoms with Crippen molar-refractivity contribution in [1.82, 2.24) is 0 Å². The normalized spacial score (nSPS) is 11.0. The number of hydrogen-bond acceptors (Lipinski definition) is 4. The van der Waals surface area contributed by atoms with E-state index in [9.17, 15) is 18.0 Å². The molecule has 37 heavy (non-hydrogen) atoms. The highest BCUT2D eigenvalue weighted by Gasteiger charge is 2.21. The van der Waals surface area contributed by atoms with E-state index in [-0.39, 0.29) is 21.9 Å². The first-order valence-electron chi connectivity index (χ1n) is 11.6. The van der Waals surface area contributed by atoms with Crippen molar-refractivity contribution in [3.05, 3.63) is 119 Å². The zero-order chi connectivity index (χ0) is 26.6. The number of amides is 2. The lowest BCUT2D eigenvalue weighted by Gasteiger charge is -2.15. The van der Waals surface area contributed by atoms with Gasteiger partial charge < -0.3 is 10.6 Å². The van der Waals surface area contributed by atoms with E-state index >= 15 is 0 Å². The molecule has 0 fully saturated rings. The van der Waals surface area contributed by atoms with E-state index in [2.05, 4.69) is 15.4 Å². The molecule has 0 aliphatic heterocycles. The van der Waals surface area contributed by atoms with Gasteiger partial charge in [-0.1, -0.05) is 48.5 Å². The van der Waals surface area contributed by atoms with Crippen LogP contribution in [0.25, 0.3) is 0 Å². The Bertz CT molecular complexity index is 1580. The zero-order valence-electron chi connectivity index (χ0n) is 20.7. The smallest absolute Gasteiger partial charge is 0.262 e. The Labute approximate surface area is 216 Å². The zero-order valence-corrected chi connectivity index (χ0v) is 21.5. The van der Waals surface area contributed by atoms with Gasteiger partial charge in [0, 0.05) is 11.3 Å². The van der Waals surface area contributed by atoms with Crippen LogP contribution >= 0.6 is 0 Å². The molecule has 188 valence electrons. The lowest BCUT2D eigenvalue weighted by Crippen LogP contribution is -2.19. The highest BCUT2D eigenvalue weighted by Crippen LogP contribution is 2.25. The molecule has 0 heterocycles. The molecule has 0 aromatic heterocycles. The SMILES string of the molecule is Cc1ccc(C)c(NS(=O)(=O)c2cc(C(=O)Nc3ccccc3C(=O)Nc3ccccc3)ccc2C)c1. The topological polar surface area (TPSA) is 104 Å². The second kappa shape index (κ2) is 10.7. The number of hydrogen-bond donors (Lipinski definition) is 3. The van der Waals surface area contributed by atoms with Crippen LogP contribution in [0.2, 0.25) is 0 Å². The van der Waals surface area contributed by atoms with Crippen molar-refractivity contribution < 1.29 is 18.0 Å². The number of carbonyl (C=O) groups excluding carboxylic acids is 2. The van der Waals surface area contributed by atoms with Crippen LogP contribution in [0.5, 0.6) is 0 Å². The first-order valence-corrected chi connectivity index (χ1v) is 13.1. The summed E-state index contributed by atoms with van der Waals surface area (Å²) in [5.41, 5.74) is 4.03. The van der Waals surface area contributed by atoms with Gasteiger partial charge in [0.1, 0.15) is 0 Å². The molecule has 2 amide bonds. The molecule has 0 saturated carbocycles. The maximum Gasteiger partial charge on any atom is 0.262 e. The minimum absolute atomic E-state index is 0.00355. The first kappa shape index (κ1) is 25.7. The molecule has 0 aliphatic rings. The minimum atomic E-state index is -3.96. The summed E-state index contributed by atoms with van der Waals surface area (Å²) in [4.78, 5) is 26.0. The fourth-order valence-electron chi connectivity index (χ4n) is 3.78. The van der Waals surface area contributed by atoms with Gasteiger partial charge in [-0.15, -0.1) is 0 Å². The van der Waals surface area contributed by atoms with Crippen LogP contribution in [0.1, 0.15) is 37.4 Å². The molecular weight excluding hydrogens is 486 g/mol. The third-order valence-electron chi connectivity index (χ3n) is 5.83. The quantitative estimate of drug-likeness (QED) is 0.285. The van der Waals surface area contributed by atoms with E-state index < -0.39 is 15.9 Å². The van der Waals surface area contributed by atoms with Crippen LogP contribution in [0, 0.1) is 20.8 Å². The molecule has 4 aromatic rings. The van der Waals surface area contributed by atoms with Gasteiger partial charge in [-0.25, -0.2) is 8.42 Å². The summed E-state index contributed by atoms with van der Waals surface area (Å²) in [5.74, 6) is -0.921. The molecule has 7 nitrogen and oxygen atoms in total. The van der Waals surface area contributed by atoms with Crippen LogP contribution in [0.4, 0.5) is 17.1 Å². The number of carbonyl (C=O) groups is 2. The van der Waals surface area contributed by atoms with Crippen molar-refractivity contribution in [2.45, 2.75) is 25.7 Å². The molecular formula is C29H27N3O4S. The lowest BCUT2D eigenvalue weighted by molar-refractivity contribution is 0.102. The summed E-state index contributed by atoms with van der Waals surface area (Å²) in [7, 11) is -3.96. The molecule has 0 saturated heterocycles. The van der Waals surface area contributed by atoms with Gasteiger partial charge >= 0.3 is 0 Å². The van der Waals surface area contributed by atoms with Gasteiger partial charge in [0.05, 0.1) is 21.8 Å². The number of rotatable bonds is 7. The van der Waals surface area contributed by atoms with Crippen LogP contribution in [0.15, 0.2) is 95.9 Å². The van der Waals surface area contributed by atoms with Crippen molar-refractivity contribution >= 4 is 38.9 Å². The lowest BCUT2D eigenvalue weighted by atomic mass is 10.1. The second-order valence-electron chi connectivity index (χ2n) is 8.72. The molecule has 0 atom stereocenters. The van der Waals surface area contributed by atoms with Gasteiger partial charge in [-0.2, -0.15) is 0 Å². The monoisotopic (exact) mass is 513 g/mol. The summed E-state index contributed by atoms with van der Waals surface area (Å²) in [5, 5.41) is 5.54. The molecule has 8 heteroatoms. The van der Waals surface area contributed by atoms with E-state index in [1.165, 1.54) is 6.07 Å². The Morgan fingerprint density at radius 1 is 0.649 bits per heavy atom. The number of sulfonamides is 1. The molecule has 0 bridgehead atoms. The molecule has 0 radical (unpaired) electrons. The summed E-state index contributed by atoms with van der Waals surface area (Å²) >= 11 is 0. The second-order valence-corrected chi connectivity index (χ2v) is 10.4. The molecule has 4 aromatic carbocycles. The molecule has 0 unspecified atom stereocenters. The van der Waals surface area contributed by atoms with E-state index in [4.69, 9.17) is 0 Å². The number of benzene rings is 4. The van der Waals surface area contributed by atoms with Crippen molar-refractivity contribution in [2.75, 3.05) is 15.4 Å². The average molecular weight is 514 g/mol. The van der Waals surface area contributed by atoms with Crippen molar-refractivity contribution in [3.63, 3.8) is 0 Å².